The maximum absolute atomic E-state index is 3.86. The zero-order valence-corrected chi connectivity index (χ0v) is 9.56. The Morgan fingerprint density at radius 2 is 1.71 bits per heavy atom. The maximum Gasteiger partial charge on any atom is 0.135 e. The smallest absolute Gasteiger partial charge is 0.135 e. The Morgan fingerprint density at radius 1 is 1.14 bits per heavy atom. The van der Waals surface area contributed by atoms with Gasteiger partial charge in [-0.25, -0.2) is 0 Å². The lowest BCUT2D eigenvalue weighted by molar-refractivity contribution is -0.576. The molecule has 0 spiro atoms. The number of hydrogen-bond acceptors (Lipinski definition) is 0. The van der Waals surface area contributed by atoms with Gasteiger partial charge >= 0.3 is 0 Å². The normalized spacial score (nSPS) is 10.6. The first-order chi connectivity index (χ1) is 6.65. The molecule has 0 aromatic heterocycles. The second kappa shape index (κ2) is 5.13. The molecule has 0 radical (unpaired) electrons. The molecule has 0 amide bonds. The highest BCUT2D eigenvalue weighted by molar-refractivity contribution is 5.47. The van der Waals surface area contributed by atoms with E-state index in [1.54, 1.807) is 0 Å². The van der Waals surface area contributed by atoms with Gasteiger partial charge in [0.25, 0.3) is 0 Å². The van der Waals surface area contributed by atoms with Crippen molar-refractivity contribution >= 4 is 5.69 Å². The molecule has 0 bridgehead atoms. The summed E-state index contributed by atoms with van der Waals surface area (Å²) in [6, 6.07) is 4.51. The molecule has 1 aromatic rings. The standard InChI is InChI=1S/C12H20N2/c1-9-7-10(2)12(11(3)8-9)14-6-4-5-13/h7-8,14H,4-6,13H2,1-3H3/p+2. The third-order valence-electron chi connectivity index (χ3n) is 2.54. The van der Waals surface area contributed by atoms with Crippen LogP contribution in [0.1, 0.15) is 23.1 Å². The lowest BCUT2D eigenvalue weighted by Gasteiger charge is -2.08. The van der Waals surface area contributed by atoms with Crippen LogP contribution in [0.15, 0.2) is 12.1 Å². The van der Waals surface area contributed by atoms with Crippen molar-refractivity contribution in [2.45, 2.75) is 27.2 Å². The van der Waals surface area contributed by atoms with Gasteiger partial charge in [-0.3, -0.25) is 0 Å². The molecular formula is C12H22N2+2. The molecule has 0 saturated carbocycles. The first kappa shape index (κ1) is 11.2. The lowest BCUT2D eigenvalue weighted by Crippen LogP contribution is -2.79. The second-order valence-corrected chi connectivity index (χ2v) is 4.01. The Labute approximate surface area is 86.5 Å². The molecule has 1 aromatic carbocycles. The molecule has 14 heavy (non-hydrogen) atoms. The monoisotopic (exact) mass is 194 g/mol. The summed E-state index contributed by atoms with van der Waals surface area (Å²) in [6.07, 6.45) is 1.19. The van der Waals surface area contributed by atoms with Crippen molar-refractivity contribution in [1.82, 2.24) is 0 Å². The average Bonchev–Trinajstić information content (AvgIpc) is 2.09. The summed E-state index contributed by atoms with van der Waals surface area (Å²) in [5.41, 5.74) is 9.42. The SMILES string of the molecule is Cc1cc(C)c([NH2+]CCC[NH3+])c(C)c1. The summed E-state index contributed by atoms with van der Waals surface area (Å²) in [7, 11) is 0. The molecule has 1 rings (SSSR count). The molecule has 0 heterocycles. The van der Waals surface area contributed by atoms with Crippen LogP contribution in [0.3, 0.4) is 0 Å². The minimum absolute atomic E-state index is 1.03. The van der Waals surface area contributed by atoms with E-state index >= 15 is 0 Å². The summed E-state index contributed by atoms with van der Waals surface area (Å²) >= 11 is 0. The third kappa shape index (κ3) is 2.82. The molecule has 5 N–H and O–H groups in total. The minimum Gasteiger partial charge on any atom is -0.357 e. The number of nitrogens with two attached hydrogens (primary N) is 1. The number of hydrogen-bond donors (Lipinski definition) is 2. The molecule has 0 aliphatic rings. The van der Waals surface area contributed by atoms with Crippen LogP contribution in [-0.4, -0.2) is 13.1 Å². The van der Waals surface area contributed by atoms with Crippen molar-refractivity contribution in [3.05, 3.63) is 28.8 Å². The summed E-state index contributed by atoms with van der Waals surface area (Å²) in [4.78, 5) is 0. The molecule has 78 valence electrons. The molecule has 0 atom stereocenters. The molecule has 0 unspecified atom stereocenters. The zero-order valence-electron chi connectivity index (χ0n) is 9.56. The van der Waals surface area contributed by atoms with Crippen LogP contribution in [0.5, 0.6) is 0 Å². The van der Waals surface area contributed by atoms with E-state index < -0.39 is 0 Å². The Bertz CT molecular complexity index is 282. The molecule has 0 saturated heterocycles. The van der Waals surface area contributed by atoms with E-state index in [4.69, 9.17) is 0 Å². The lowest BCUT2D eigenvalue weighted by atomic mass is 10.1. The van der Waals surface area contributed by atoms with Crippen molar-refractivity contribution in [2.24, 2.45) is 0 Å². The average molecular weight is 194 g/mol. The van der Waals surface area contributed by atoms with Crippen molar-refractivity contribution < 1.29 is 11.1 Å². The van der Waals surface area contributed by atoms with Gasteiger partial charge in [-0.2, -0.15) is 0 Å². The highest BCUT2D eigenvalue weighted by Gasteiger charge is 2.06. The van der Waals surface area contributed by atoms with Crippen LogP contribution >= 0.6 is 0 Å². The Hall–Kier alpha value is -0.860. The van der Waals surface area contributed by atoms with Gasteiger partial charge in [-0.15, -0.1) is 0 Å². The quantitative estimate of drug-likeness (QED) is 0.516. The fourth-order valence-corrected chi connectivity index (χ4v) is 1.90. The van der Waals surface area contributed by atoms with Gasteiger partial charge < -0.3 is 11.1 Å². The fraction of sp³-hybridized carbons (Fsp3) is 0.500. The maximum atomic E-state index is 3.86. The molecule has 2 nitrogen and oxygen atoms in total. The van der Waals surface area contributed by atoms with Gasteiger partial charge in [0.1, 0.15) is 5.69 Å². The van der Waals surface area contributed by atoms with Crippen molar-refractivity contribution in [3.8, 4) is 0 Å². The number of benzene rings is 1. The summed E-state index contributed by atoms with van der Waals surface area (Å²) in [6.45, 7) is 8.71. The second-order valence-electron chi connectivity index (χ2n) is 4.01. The van der Waals surface area contributed by atoms with Gasteiger partial charge in [0.05, 0.1) is 13.1 Å². The van der Waals surface area contributed by atoms with Gasteiger partial charge in [0, 0.05) is 17.5 Å². The van der Waals surface area contributed by atoms with Gasteiger partial charge in [0.2, 0.25) is 0 Å². The van der Waals surface area contributed by atoms with Crippen LogP contribution < -0.4 is 11.1 Å². The number of quaternary nitrogens is 2. The van der Waals surface area contributed by atoms with Crippen LogP contribution in [-0.2, 0) is 0 Å². The Balaban J connectivity index is 2.75. The van der Waals surface area contributed by atoms with Crippen LogP contribution in [0.2, 0.25) is 0 Å². The number of aryl methyl sites for hydroxylation is 3. The zero-order chi connectivity index (χ0) is 10.6. The summed E-state index contributed by atoms with van der Waals surface area (Å²) in [5, 5.41) is 2.34. The molecule has 2 heteroatoms. The highest BCUT2D eigenvalue weighted by Crippen LogP contribution is 2.16. The fourth-order valence-electron chi connectivity index (χ4n) is 1.90. The number of rotatable bonds is 4. The van der Waals surface area contributed by atoms with Crippen LogP contribution in [0.25, 0.3) is 0 Å². The first-order valence-electron chi connectivity index (χ1n) is 5.35. The Kier molecular flexibility index (Phi) is 4.11. The van der Waals surface area contributed by atoms with Gasteiger partial charge in [0.15, 0.2) is 0 Å². The summed E-state index contributed by atoms with van der Waals surface area (Å²) < 4.78 is 0. The molecule has 0 aliphatic heterocycles. The van der Waals surface area contributed by atoms with E-state index in [9.17, 15) is 0 Å². The predicted molar refractivity (Wildman–Crippen MR) is 59.5 cm³/mol. The van der Waals surface area contributed by atoms with Crippen molar-refractivity contribution in [2.75, 3.05) is 13.1 Å². The summed E-state index contributed by atoms with van der Waals surface area (Å²) in [5.74, 6) is 0. The van der Waals surface area contributed by atoms with Crippen LogP contribution in [0, 0.1) is 20.8 Å². The topological polar surface area (TPSA) is 44.2 Å². The van der Waals surface area contributed by atoms with Crippen molar-refractivity contribution in [3.63, 3.8) is 0 Å². The van der Waals surface area contributed by atoms with E-state index in [0.717, 1.165) is 13.1 Å². The minimum atomic E-state index is 1.03. The van der Waals surface area contributed by atoms with E-state index in [-0.39, 0.29) is 0 Å². The van der Waals surface area contributed by atoms with Gasteiger partial charge in [-0.1, -0.05) is 17.7 Å². The highest BCUT2D eigenvalue weighted by atomic mass is 14.9. The largest absolute Gasteiger partial charge is 0.357 e. The van der Waals surface area contributed by atoms with Crippen molar-refractivity contribution in [1.29, 1.82) is 0 Å². The van der Waals surface area contributed by atoms with E-state index in [1.807, 2.05) is 0 Å². The van der Waals surface area contributed by atoms with E-state index in [1.165, 1.54) is 28.8 Å². The molecular weight excluding hydrogens is 172 g/mol. The molecule has 0 fully saturated rings. The Morgan fingerprint density at radius 3 is 2.21 bits per heavy atom. The van der Waals surface area contributed by atoms with E-state index in [0.29, 0.717) is 0 Å². The predicted octanol–water partition coefficient (Wildman–Crippen LogP) is 0.439. The van der Waals surface area contributed by atoms with Gasteiger partial charge in [-0.05, 0) is 20.8 Å². The van der Waals surface area contributed by atoms with Crippen LogP contribution in [0.4, 0.5) is 5.69 Å². The molecule has 0 aliphatic carbocycles. The third-order valence-corrected chi connectivity index (χ3v) is 2.54. The van der Waals surface area contributed by atoms with E-state index in [2.05, 4.69) is 44.0 Å². The first-order valence-corrected chi connectivity index (χ1v) is 5.35.